The number of aliphatic hydroxyl groups excluding tert-OH is 1. The zero-order valence-corrected chi connectivity index (χ0v) is 47.0. The Morgan fingerprint density at radius 2 is 1.74 bits per heavy atom. The Kier molecular flexibility index (Phi) is 17.2. The molecule has 0 saturated carbocycles. The lowest BCUT2D eigenvalue weighted by atomic mass is 9.94. The molecule has 7 atom stereocenters. The minimum atomic E-state index is -4.00. The van der Waals surface area contributed by atoms with Gasteiger partial charge in [0.1, 0.15) is 53.6 Å². The minimum absolute atomic E-state index is 0.142. The fourth-order valence-electron chi connectivity index (χ4n) is 11.3. The van der Waals surface area contributed by atoms with Crippen LogP contribution in [0.2, 0.25) is 5.15 Å². The smallest absolute Gasteiger partial charge is 0.386 e. The number of piperazine rings is 1. The summed E-state index contributed by atoms with van der Waals surface area (Å²) in [6, 6.07) is 22.9. The monoisotopic (exact) mass is 1150 g/mol. The molecular weight excluding hydrogens is 1080 g/mol. The predicted molar refractivity (Wildman–Crippen MR) is 302 cm³/mol. The summed E-state index contributed by atoms with van der Waals surface area (Å²) >= 11 is 6.33. The maximum absolute atomic E-state index is 15.8. The van der Waals surface area contributed by atoms with Gasteiger partial charge in [0.2, 0.25) is 11.8 Å². The Labute approximate surface area is 476 Å². The third-order valence-corrected chi connectivity index (χ3v) is 15.8. The van der Waals surface area contributed by atoms with E-state index in [2.05, 4.69) is 41.1 Å². The largest absolute Gasteiger partial charge is 0.486 e. The van der Waals surface area contributed by atoms with Gasteiger partial charge in [-0.1, -0.05) is 79.2 Å². The molecule has 3 saturated heterocycles. The van der Waals surface area contributed by atoms with Crippen molar-refractivity contribution < 1.29 is 46.5 Å². The quantitative estimate of drug-likeness (QED) is 0.0467. The van der Waals surface area contributed by atoms with Gasteiger partial charge in [0.25, 0.3) is 0 Å². The molecule has 2 amide bonds. The number of halogens is 5. The molecule has 23 heteroatoms. The molecule has 7 aromatic rings. The number of methoxy groups -OCH3 is 1. The minimum Gasteiger partial charge on any atom is -0.486 e. The highest BCUT2D eigenvalue weighted by Gasteiger charge is 2.43. The van der Waals surface area contributed by atoms with Crippen molar-refractivity contribution in [1.82, 2.24) is 45.7 Å². The van der Waals surface area contributed by atoms with Gasteiger partial charge in [0.05, 0.1) is 37.0 Å². The van der Waals surface area contributed by atoms with E-state index in [0.29, 0.717) is 70.6 Å². The Balaban J connectivity index is 0.00000144. The van der Waals surface area contributed by atoms with Crippen molar-refractivity contribution >= 4 is 51.0 Å². The second-order valence-corrected chi connectivity index (χ2v) is 22.0. The number of likely N-dealkylation sites (tertiary alicyclic amines) is 1. The molecule has 3 aromatic heterocycles. The molecule has 6 unspecified atom stereocenters. The fraction of sp³-hybridized carbons (Fsp3) is 0.424. The van der Waals surface area contributed by atoms with E-state index >= 15 is 4.39 Å². The number of alkyl halides is 3. The number of fused-ring (bicyclic) bond motifs is 4. The second kappa shape index (κ2) is 24.5. The van der Waals surface area contributed by atoms with Crippen molar-refractivity contribution in [2.75, 3.05) is 51.4 Å². The summed E-state index contributed by atoms with van der Waals surface area (Å²) in [5.41, 5.74) is 6.94. The summed E-state index contributed by atoms with van der Waals surface area (Å²) in [5, 5.41) is 37.1. The van der Waals surface area contributed by atoms with E-state index in [1.54, 1.807) is 36.3 Å². The third kappa shape index (κ3) is 12.4. The maximum Gasteiger partial charge on any atom is 0.386 e. The van der Waals surface area contributed by atoms with Gasteiger partial charge in [-0.3, -0.25) is 19.7 Å². The van der Waals surface area contributed by atoms with Crippen LogP contribution < -0.4 is 25.0 Å². The number of aliphatic hydroxyl groups is 1. The van der Waals surface area contributed by atoms with Gasteiger partial charge >= 0.3 is 12.2 Å². The second-order valence-electron chi connectivity index (χ2n) is 21.6. The number of benzene rings is 4. The summed E-state index contributed by atoms with van der Waals surface area (Å²) in [7, 11) is 1.63. The number of nitrogens with one attached hydrogen (secondary N) is 3. The molecule has 82 heavy (non-hydrogen) atoms. The van der Waals surface area contributed by atoms with E-state index in [1.807, 2.05) is 93.6 Å². The van der Waals surface area contributed by atoms with E-state index in [9.17, 15) is 27.9 Å². The SMILES string of the molecule is CC(F)(F)F.CO[C@@H](C)COc1nc(N2CC3CC2CN3)c2ccc(-c3c(C)c(F)cc4[nH]ncc34)c(OCc3ccc(C4CN(C(C(=O)N5CCCC5C(=O)NC(CO)c5ccc(-c6cccnc6Cl)cc5)C(C)C)N=N4)cc3)c2n1. The highest BCUT2D eigenvalue weighted by molar-refractivity contribution is 6.32. The highest BCUT2D eigenvalue weighted by Crippen LogP contribution is 2.45. The molecular formula is C59H65ClF4N12O6. The molecule has 11 rings (SSSR count). The molecule has 432 valence electrons. The average Bonchev–Trinajstić information content (AvgIpc) is 3.13. The Morgan fingerprint density at radius 1 is 0.976 bits per heavy atom. The number of nitrogens with zero attached hydrogens (tertiary/aromatic N) is 9. The first-order chi connectivity index (χ1) is 39.4. The number of carbonyl (C=O) groups excluding carboxylic acids is 2. The van der Waals surface area contributed by atoms with Crippen LogP contribution in [0.1, 0.15) is 81.3 Å². The summed E-state index contributed by atoms with van der Waals surface area (Å²) in [4.78, 5) is 46.7. The number of hydrogen-bond acceptors (Lipinski definition) is 15. The van der Waals surface area contributed by atoms with Gasteiger partial charge in [-0.25, -0.2) is 9.37 Å². The van der Waals surface area contributed by atoms with E-state index in [0.717, 1.165) is 63.9 Å². The predicted octanol–water partition coefficient (Wildman–Crippen LogP) is 10.0. The first-order valence-corrected chi connectivity index (χ1v) is 27.8. The van der Waals surface area contributed by atoms with Crippen LogP contribution in [-0.4, -0.2) is 135 Å². The molecule has 4 aliphatic rings. The number of carbonyl (C=O) groups is 2. The first-order valence-electron chi connectivity index (χ1n) is 27.4. The number of amides is 2. The lowest BCUT2D eigenvalue weighted by molar-refractivity contribution is -0.144. The van der Waals surface area contributed by atoms with E-state index < -0.39 is 24.3 Å². The Bertz CT molecular complexity index is 3460. The van der Waals surface area contributed by atoms with Crippen LogP contribution >= 0.6 is 11.6 Å². The molecule has 0 aliphatic carbocycles. The van der Waals surface area contributed by atoms with Gasteiger partial charge < -0.3 is 39.8 Å². The molecule has 0 spiro atoms. The van der Waals surface area contributed by atoms with E-state index in [1.165, 1.54) is 6.07 Å². The number of ether oxygens (including phenoxy) is 3. The van der Waals surface area contributed by atoms with E-state index in [4.69, 9.17) is 35.8 Å². The van der Waals surface area contributed by atoms with Gasteiger partial charge in [0.15, 0.2) is 5.75 Å². The molecule has 2 bridgehead atoms. The molecule has 7 heterocycles. The van der Waals surface area contributed by atoms with Crippen molar-refractivity contribution in [2.45, 2.75) is 109 Å². The fourth-order valence-corrected chi connectivity index (χ4v) is 11.5. The van der Waals surface area contributed by atoms with Crippen LogP contribution in [0, 0.1) is 18.7 Å². The van der Waals surface area contributed by atoms with Crippen LogP contribution in [0.15, 0.2) is 102 Å². The molecule has 3 fully saturated rings. The average molecular weight is 1150 g/mol. The molecule has 4 aromatic carbocycles. The number of H-pyrrole nitrogens is 1. The molecule has 18 nitrogen and oxygen atoms in total. The number of rotatable bonds is 18. The summed E-state index contributed by atoms with van der Waals surface area (Å²) in [6.45, 7) is 10.3. The highest BCUT2D eigenvalue weighted by atomic mass is 35.5. The maximum atomic E-state index is 15.8. The summed E-state index contributed by atoms with van der Waals surface area (Å²) in [6.07, 6.45) is 1.28. The number of aromatic amines is 1. The standard InChI is InChI=1S/C57H62ClFN12O6.C2H3F3/c1-31(2)51(56(74)69-21-7-9-48(69)55(73)63-47(28-72)37-16-14-35(15-17-37)40-8-6-20-60-53(40)58)71-27-46(67-68-71)36-12-10-34(11-13-36)30-76-52-41(49-33(4)44(59)23-45-43(49)25-62-66-45)18-19-42-50(52)64-57(77-29-32(3)75-5)65-54(42)70-26-38-22-39(70)24-61-38;1-2(3,4)5/h6,8,10-20,23,25,31-32,38-39,46-48,51,61,72H,7,9,21-22,24,26-30H2,1-5H3,(H,62,66)(H,63,73);1H3/t32-,38?,39?,46?,47?,48?,51?;/m0./s1. The van der Waals surface area contributed by atoms with Crippen LogP contribution in [0.3, 0.4) is 0 Å². The number of aromatic nitrogens is 5. The zero-order valence-electron chi connectivity index (χ0n) is 46.3. The van der Waals surface area contributed by atoms with Crippen LogP contribution in [0.4, 0.5) is 23.4 Å². The van der Waals surface area contributed by atoms with Crippen molar-refractivity contribution in [1.29, 1.82) is 0 Å². The van der Waals surface area contributed by atoms with Crippen molar-refractivity contribution in [3.63, 3.8) is 0 Å². The number of hydrogen-bond donors (Lipinski definition) is 4. The topological polar surface area (TPSA) is 208 Å². The molecule has 0 radical (unpaired) electrons. The molecule has 4 N–H and O–H groups in total. The lowest BCUT2D eigenvalue weighted by Crippen LogP contribution is -2.54. The van der Waals surface area contributed by atoms with Crippen molar-refractivity contribution in [3.8, 4) is 34.0 Å². The lowest BCUT2D eigenvalue weighted by Gasteiger charge is -2.34. The van der Waals surface area contributed by atoms with Gasteiger partial charge in [-0.15, -0.1) is 0 Å². The van der Waals surface area contributed by atoms with Crippen LogP contribution in [0.25, 0.3) is 44.1 Å². The van der Waals surface area contributed by atoms with Crippen LogP contribution in [-0.2, 0) is 20.9 Å². The van der Waals surface area contributed by atoms with Gasteiger partial charge in [-0.05, 0) is 97.2 Å². The van der Waals surface area contributed by atoms with Crippen LogP contribution in [0.5, 0.6) is 11.8 Å². The number of pyridine rings is 1. The van der Waals surface area contributed by atoms with E-state index in [-0.39, 0.29) is 74.5 Å². The summed E-state index contributed by atoms with van der Waals surface area (Å²) in [5.74, 6) is 0.152. The van der Waals surface area contributed by atoms with Gasteiger partial charge in [-0.2, -0.15) is 33.4 Å². The normalized spacial score (nSPS) is 19.7. The number of anilines is 1. The van der Waals surface area contributed by atoms with Crippen molar-refractivity contribution in [2.24, 2.45) is 16.3 Å². The molecule has 4 aliphatic heterocycles. The third-order valence-electron chi connectivity index (χ3n) is 15.5. The Morgan fingerprint density at radius 3 is 2.43 bits per heavy atom. The zero-order chi connectivity index (χ0) is 58.0. The van der Waals surface area contributed by atoms with Gasteiger partial charge in [0, 0.05) is 79.4 Å². The Hall–Kier alpha value is -7.53. The summed E-state index contributed by atoms with van der Waals surface area (Å²) < 4.78 is 65.4. The first kappa shape index (κ1) is 57.7. The van der Waals surface area contributed by atoms with Crippen molar-refractivity contribution in [3.05, 3.63) is 124 Å².